The van der Waals surface area contributed by atoms with Crippen LogP contribution in [0, 0.1) is 5.92 Å². The maximum atomic E-state index is 13.0. The molecule has 1 saturated carbocycles. The van der Waals surface area contributed by atoms with Crippen LogP contribution in [0.2, 0.25) is 0 Å². The van der Waals surface area contributed by atoms with Crippen LogP contribution in [0.5, 0.6) is 0 Å². The molecule has 0 bridgehead atoms. The average Bonchev–Trinajstić information content (AvgIpc) is 2.77. The predicted molar refractivity (Wildman–Crippen MR) is 87.9 cm³/mol. The van der Waals surface area contributed by atoms with Gasteiger partial charge in [0.15, 0.2) is 5.69 Å². The fraction of sp³-hybridized carbons (Fsp3) is 0.778. The van der Waals surface area contributed by atoms with Crippen molar-refractivity contribution in [1.29, 1.82) is 0 Å². The molecule has 22 heavy (non-hydrogen) atoms. The number of carbonyl (C=O) groups excluding carboxylic acids is 1. The zero-order valence-corrected chi connectivity index (χ0v) is 14.2. The molecular formula is C18H29N3O. The molecule has 1 saturated heterocycles. The van der Waals surface area contributed by atoms with Crippen molar-refractivity contribution in [3.05, 3.63) is 17.5 Å². The third-order valence-corrected chi connectivity index (χ3v) is 5.48. The Kier molecular flexibility index (Phi) is 4.55. The zero-order valence-electron chi connectivity index (χ0n) is 14.2. The Hall–Kier alpha value is -1.32. The van der Waals surface area contributed by atoms with Crippen LogP contribution < -0.4 is 0 Å². The summed E-state index contributed by atoms with van der Waals surface area (Å²) in [5.74, 6) is 1.26. The van der Waals surface area contributed by atoms with Crippen LogP contribution in [0.1, 0.15) is 80.9 Å². The molecule has 4 nitrogen and oxygen atoms in total. The molecule has 2 fully saturated rings. The number of likely N-dealkylation sites (tertiary alicyclic amines) is 1. The molecular weight excluding hydrogens is 274 g/mol. The smallest absolute Gasteiger partial charge is 0.274 e. The minimum Gasteiger partial charge on any atom is -0.334 e. The van der Waals surface area contributed by atoms with E-state index in [1.165, 1.54) is 38.5 Å². The van der Waals surface area contributed by atoms with Crippen molar-refractivity contribution in [2.75, 3.05) is 6.54 Å². The summed E-state index contributed by atoms with van der Waals surface area (Å²) < 4.78 is 1.87. The minimum absolute atomic E-state index is 0.154. The van der Waals surface area contributed by atoms with Gasteiger partial charge in [0.1, 0.15) is 0 Å². The summed E-state index contributed by atoms with van der Waals surface area (Å²) in [5.41, 5.74) is 1.77. The predicted octanol–water partition coefficient (Wildman–Crippen LogP) is 3.73. The largest absolute Gasteiger partial charge is 0.334 e. The van der Waals surface area contributed by atoms with Gasteiger partial charge < -0.3 is 4.90 Å². The summed E-state index contributed by atoms with van der Waals surface area (Å²) >= 11 is 0. The van der Waals surface area contributed by atoms with Crippen LogP contribution in [-0.4, -0.2) is 33.2 Å². The Balaban J connectivity index is 1.84. The Morgan fingerprint density at radius 1 is 1.18 bits per heavy atom. The standard InChI is InChI=1S/C18H29N3O/c1-13(2)17-12-15(19-20(17)3)18(22)21-11-7-6-9-14-8-4-5-10-16(14)21/h12-14,16H,4-11H2,1-3H3. The SMILES string of the molecule is CC(C)c1cc(C(=O)N2CCCCC3CCCCC32)nn1C. The molecule has 1 aromatic rings. The molecule has 2 unspecified atom stereocenters. The van der Waals surface area contributed by atoms with Gasteiger partial charge in [0.05, 0.1) is 0 Å². The molecule has 4 heteroatoms. The van der Waals surface area contributed by atoms with Crippen LogP contribution in [-0.2, 0) is 7.05 Å². The highest BCUT2D eigenvalue weighted by atomic mass is 16.2. The number of aromatic nitrogens is 2. The first-order valence-corrected chi connectivity index (χ1v) is 8.93. The van der Waals surface area contributed by atoms with Gasteiger partial charge >= 0.3 is 0 Å². The molecule has 0 N–H and O–H groups in total. The van der Waals surface area contributed by atoms with Crippen molar-refractivity contribution in [3.8, 4) is 0 Å². The Labute approximate surface area is 133 Å². The molecule has 1 amide bonds. The number of hydrogen-bond acceptors (Lipinski definition) is 2. The van der Waals surface area contributed by atoms with Crippen LogP contribution in [0.15, 0.2) is 6.07 Å². The normalized spacial score (nSPS) is 25.9. The zero-order chi connectivity index (χ0) is 15.7. The molecule has 122 valence electrons. The van der Waals surface area contributed by atoms with Gasteiger partial charge in [-0.2, -0.15) is 5.10 Å². The molecule has 1 aromatic heterocycles. The van der Waals surface area contributed by atoms with Crippen LogP contribution in [0.3, 0.4) is 0 Å². The van der Waals surface area contributed by atoms with E-state index in [-0.39, 0.29) is 5.91 Å². The number of fused-ring (bicyclic) bond motifs is 1. The van der Waals surface area contributed by atoms with E-state index in [1.54, 1.807) is 0 Å². The van der Waals surface area contributed by atoms with Gasteiger partial charge in [0, 0.05) is 25.3 Å². The maximum Gasteiger partial charge on any atom is 0.274 e. The topological polar surface area (TPSA) is 38.1 Å². The van der Waals surface area contributed by atoms with Gasteiger partial charge in [0.25, 0.3) is 5.91 Å². The van der Waals surface area contributed by atoms with Crippen molar-refractivity contribution in [2.45, 2.75) is 70.8 Å². The van der Waals surface area contributed by atoms with E-state index in [0.29, 0.717) is 23.6 Å². The molecule has 1 aliphatic carbocycles. The molecule has 2 aliphatic rings. The quantitative estimate of drug-likeness (QED) is 0.835. The first-order valence-electron chi connectivity index (χ1n) is 8.93. The van der Waals surface area contributed by atoms with Crippen molar-refractivity contribution in [1.82, 2.24) is 14.7 Å². The van der Waals surface area contributed by atoms with E-state index in [1.807, 2.05) is 17.8 Å². The lowest BCUT2D eigenvalue weighted by Gasteiger charge is -2.38. The molecule has 0 spiro atoms. The summed E-state index contributed by atoms with van der Waals surface area (Å²) in [4.78, 5) is 15.2. The van der Waals surface area contributed by atoms with E-state index in [0.717, 1.165) is 18.7 Å². The summed E-state index contributed by atoms with van der Waals surface area (Å²) in [7, 11) is 1.94. The number of amides is 1. The maximum absolute atomic E-state index is 13.0. The van der Waals surface area contributed by atoms with Crippen LogP contribution >= 0.6 is 0 Å². The van der Waals surface area contributed by atoms with E-state index in [9.17, 15) is 4.79 Å². The van der Waals surface area contributed by atoms with E-state index >= 15 is 0 Å². The second-order valence-corrected chi connectivity index (χ2v) is 7.34. The van der Waals surface area contributed by atoms with E-state index in [2.05, 4.69) is 23.8 Å². The monoisotopic (exact) mass is 303 g/mol. The van der Waals surface area contributed by atoms with Gasteiger partial charge in [-0.15, -0.1) is 0 Å². The molecule has 2 atom stereocenters. The average molecular weight is 303 g/mol. The molecule has 3 rings (SSSR count). The number of rotatable bonds is 2. The second kappa shape index (κ2) is 6.43. The summed E-state index contributed by atoms with van der Waals surface area (Å²) in [6.45, 7) is 5.20. The van der Waals surface area contributed by atoms with Crippen molar-refractivity contribution in [2.24, 2.45) is 13.0 Å². The van der Waals surface area contributed by atoms with E-state index in [4.69, 9.17) is 0 Å². The Morgan fingerprint density at radius 3 is 2.55 bits per heavy atom. The molecule has 0 aromatic carbocycles. The second-order valence-electron chi connectivity index (χ2n) is 7.34. The number of nitrogens with zero attached hydrogens (tertiary/aromatic N) is 3. The fourth-order valence-corrected chi connectivity index (χ4v) is 4.32. The van der Waals surface area contributed by atoms with Crippen LogP contribution in [0.25, 0.3) is 0 Å². The Bertz CT molecular complexity index is 534. The number of hydrogen-bond donors (Lipinski definition) is 0. The number of aryl methyl sites for hydroxylation is 1. The van der Waals surface area contributed by atoms with Gasteiger partial charge in [-0.25, -0.2) is 0 Å². The lowest BCUT2D eigenvalue weighted by Crippen LogP contribution is -2.45. The minimum atomic E-state index is 0.154. The highest BCUT2D eigenvalue weighted by Crippen LogP contribution is 2.35. The lowest BCUT2D eigenvalue weighted by molar-refractivity contribution is 0.0562. The first-order chi connectivity index (χ1) is 10.6. The van der Waals surface area contributed by atoms with Crippen LogP contribution in [0.4, 0.5) is 0 Å². The van der Waals surface area contributed by atoms with Crippen molar-refractivity contribution in [3.63, 3.8) is 0 Å². The fourth-order valence-electron chi connectivity index (χ4n) is 4.32. The lowest BCUT2D eigenvalue weighted by atomic mass is 9.81. The van der Waals surface area contributed by atoms with Crippen molar-refractivity contribution >= 4 is 5.91 Å². The van der Waals surface area contributed by atoms with Crippen molar-refractivity contribution < 1.29 is 4.79 Å². The van der Waals surface area contributed by atoms with Gasteiger partial charge in [-0.05, 0) is 43.6 Å². The Morgan fingerprint density at radius 2 is 1.86 bits per heavy atom. The molecule has 2 heterocycles. The molecule has 1 aliphatic heterocycles. The first kappa shape index (κ1) is 15.6. The summed E-state index contributed by atoms with van der Waals surface area (Å²) in [5, 5.41) is 4.50. The summed E-state index contributed by atoms with van der Waals surface area (Å²) in [6, 6.07) is 2.45. The van der Waals surface area contributed by atoms with Gasteiger partial charge in [0.2, 0.25) is 0 Å². The van der Waals surface area contributed by atoms with Gasteiger partial charge in [-0.3, -0.25) is 9.48 Å². The van der Waals surface area contributed by atoms with E-state index < -0.39 is 0 Å². The molecule has 0 radical (unpaired) electrons. The summed E-state index contributed by atoms with van der Waals surface area (Å²) in [6.07, 6.45) is 8.80. The van der Waals surface area contributed by atoms with Gasteiger partial charge in [-0.1, -0.05) is 33.1 Å². The third-order valence-electron chi connectivity index (χ3n) is 5.48. The number of carbonyl (C=O) groups is 1. The third kappa shape index (κ3) is 2.92. The highest BCUT2D eigenvalue weighted by molar-refractivity contribution is 5.92. The highest BCUT2D eigenvalue weighted by Gasteiger charge is 2.35.